The topological polar surface area (TPSA) is 54.5 Å². The molecule has 0 saturated heterocycles. The van der Waals surface area contributed by atoms with Crippen LogP contribution in [0.25, 0.3) is 0 Å². The van der Waals surface area contributed by atoms with Gasteiger partial charge in [-0.05, 0) is 48.4 Å². The minimum absolute atomic E-state index is 0.0904. The number of hydrogen-bond donors (Lipinski definition) is 1. The summed E-state index contributed by atoms with van der Waals surface area (Å²) in [4.78, 5) is 20.1. The third kappa shape index (κ3) is 5.65. The van der Waals surface area contributed by atoms with Gasteiger partial charge in [0.25, 0.3) is 0 Å². The average Bonchev–Trinajstić information content (AvgIpc) is 3.27. The van der Waals surface area contributed by atoms with E-state index in [1.165, 1.54) is 23.5 Å². The molecule has 0 aliphatic carbocycles. The Morgan fingerprint density at radius 3 is 2.34 bits per heavy atom. The molecule has 0 radical (unpaired) electrons. The van der Waals surface area contributed by atoms with Crippen molar-refractivity contribution < 1.29 is 13.9 Å². The summed E-state index contributed by atoms with van der Waals surface area (Å²) < 4.78 is 18.5. The number of amides is 1. The van der Waals surface area contributed by atoms with Crippen molar-refractivity contribution in [3.05, 3.63) is 71.0 Å². The summed E-state index contributed by atoms with van der Waals surface area (Å²) in [5, 5.41) is 5.82. The van der Waals surface area contributed by atoms with E-state index in [1.807, 2.05) is 36.1 Å². The van der Waals surface area contributed by atoms with Gasteiger partial charge in [0.2, 0.25) is 5.91 Å². The number of methoxy groups -OCH3 is 1. The first-order chi connectivity index (χ1) is 15.2. The smallest absolute Gasteiger partial charge is 0.243 e. The molecule has 7 heteroatoms. The molecule has 5 nitrogen and oxygen atoms in total. The highest BCUT2D eigenvalue weighted by atomic mass is 32.1. The summed E-state index contributed by atoms with van der Waals surface area (Å²) in [6.07, 6.45) is 0.589. The molecule has 2 aromatic carbocycles. The maximum atomic E-state index is 13.3. The standard InChI is InChI=1S/C25H30FN3O2S/c1-6-21(23(30)27-15-17-7-9-18(26)10-8-17)29(19-11-13-20(31-5)14-12-19)24-28-22(16-32-24)25(2,3)4/h7-14,16,21H,6,15H2,1-5H3,(H,27,30)/t21-/m1/s1. The summed E-state index contributed by atoms with van der Waals surface area (Å²) in [6.45, 7) is 8.68. The summed E-state index contributed by atoms with van der Waals surface area (Å²) in [5.41, 5.74) is 2.60. The second-order valence-corrected chi connectivity index (χ2v) is 9.44. The number of carbonyl (C=O) groups excluding carboxylic acids is 1. The van der Waals surface area contributed by atoms with Crippen LogP contribution in [-0.4, -0.2) is 24.0 Å². The van der Waals surface area contributed by atoms with Gasteiger partial charge in [-0.1, -0.05) is 39.8 Å². The van der Waals surface area contributed by atoms with Crippen LogP contribution in [0.3, 0.4) is 0 Å². The van der Waals surface area contributed by atoms with Crippen molar-refractivity contribution in [1.82, 2.24) is 10.3 Å². The maximum absolute atomic E-state index is 13.3. The zero-order valence-electron chi connectivity index (χ0n) is 19.2. The minimum atomic E-state index is -0.456. The number of aromatic nitrogens is 1. The number of carbonyl (C=O) groups is 1. The molecular formula is C25H30FN3O2S. The summed E-state index contributed by atoms with van der Waals surface area (Å²) >= 11 is 1.53. The summed E-state index contributed by atoms with van der Waals surface area (Å²) in [7, 11) is 1.63. The summed E-state index contributed by atoms with van der Waals surface area (Å²) in [5.74, 6) is 0.341. The lowest BCUT2D eigenvalue weighted by Gasteiger charge is -2.30. The van der Waals surface area contributed by atoms with Gasteiger partial charge >= 0.3 is 0 Å². The van der Waals surface area contributed by atoms with Crippen LogP contribution in [0.4, 0.5) is 15.2 Å². The molecule has 170 valence electrons. The highest BCUT2D eigenvalue weighted by Gasteiger charge is 2.29. The molecular weight excluding hydrogens is 425 g/mol. The predicted octanol–water partition coefficient (Wildman–Crippen LogP) is 5.82. The molecule has 3 rings (SSSR count). The molecule has 1 amide bonds. The largest absolute Gasteiger partial charge is 0.497 e. The van der Waals surface area contributed by atoms with E-state index < -0.39 is 6.04 Å². The third-order valence-corrected chi connectivity index (χ3v) is 6.04. The van der Waals surface area contributed by atoms with Gasteiger partial charge in [-0.3, -0.25) is 4.79 Å². The molecule has 0 spiro atoms. The molecule has 32 heavy (non-hydrogen) atoms. The van der Waals surface area contributed by atoms with E-state index in [2.05, 4.69) is 31.5 Å². The van der Waals surface area contributed by atoms with Crippen LogP contribution in [0.2, 0.25) is 0 Å². The molecule has 3 aromatic rings. The van der Waals surface area contributed by atoms with E-state index >= 15 is 0 Å². The van der Waals surface area contributed by atoms with E-state index in [0.717, 1.165) is 27.8 Å². The zero-order chi connectivity index (χ0) is 23.3. The number of ether oxygens (including phenoxy) is 1. The Morgan fingerprint density at radius 1 is 1.16 bits per heavy atom. The van der Waals surface area contributed by atoms with Crippen LogP contribution < -0.4 is 15.0 Å². The number of thiazole rings is 1. The maximum Gasteiger partial charge on any atom is 0.243 e. The second kappa shape index (κ2) is 10.1. The molecule has 1 heterocycles. The van der Waals surface area contributed by atoms with E-state index in [0.29, 0.717) is 13.0 Å². The average molecular weight is 456 g/mol. The Labute approximate surface area is 193 Å². The van der Waals surface area contributed by atoms with Gasteiger partial charge in [0.15, 0.2) is 5.13 Å². The van der Waals surface area contributed by atoms with Gasteiger partial charge in [0, 0.05) is 23.0 Å². The summed E-state index contributed by atoms with van der Waals surface area (Å²) in [6, 6.07) is 13.3. The molecule has 0 aliphatic heterocycles. The van der Waals surface area contributed by atoms with Crippen molar-refractivity contribution in [2.24, 2.45) is 0 Å². The fraction of sp³-hybridized carbons (Fsp3) is 0.360. The predicted molar refractivity (Wildman–Crippen MR) is 128 cm³/mol. The molecule has 1 N–H and O–H groups in total. The highest BCUT2D eigenvalue weighted by Crippen LogP contribution is 2.35. The van der Waals surface area contributed by atoms with Crippen molar-refractivity contribution in [3.63, 3.8) is 0 Å². The number of hydrogen-bond acceptors (Lipinski definition) is 5. The minimum Gasteiger partial charge on any atom is -0.497 e. The van der Waals surface area contributed by atoms with Crippen molar-refractivity contribution in [2.75, 3.05) is 12.0 Å². The van der Waals surface area contributed by atoms with Gasteiger partial charge in [-0.2, -0.15) is 0 Å². The molecule has 0 unspecified atom stereocenters. The number of halogens is 1. The fourth-order valence-electron chi connectivity index (χ4n) is 3.28. The van der Waals surface area contributed by atoms with Crippen molar-refractivity contribution in [3.8, 4) is 5.75 Å². The first kappa shape index (κ1) is 23.7. The Bertz CT molecular complexity index is 1030. The molecule has 1 atom stereocenters. The first-order valence-electron chi connectivity index (χ1n) is 10.6. The lowest BCUT2D eigenvalue weighted by Crippen LogP contribution is -2.44. The number of rotatable bonds is 8. The van der Waals surface area contributed by atoms with Crippen molar-refractivity contribution >= 4 is 28.1 Å². The van der Waals surface area contributed by atoms with Crippen LogP contribution in [0.15, 0.2) is 53.9 Å². The SMILES string of the molecule is CC[C@H](C(=O)NCc1ccc(F)cc1)N(c1ccc(OC)cc1)c1nc(C(C)(C)C)cs1. The van der Waals surface area contributed by atoms with Crippen LogP contribution in [0, 0.1) is 5.82 Å². The fourth-order valence-corrected chi connectivity index (χ4v) is 4.40. The van der Waals surface area contributed by atoms with E-state index in [1.54, 1.807) is 19.2 Å². The lowest BCUT2D eigenvalue weighted by molar-refractivity contribution is -0.122. The van der Waals surface area contributed by atoms with Gasteiger partial charge in [-0.15, -0.1) is 11.3 Å². The lowest BCUT2D eigenvalue weighted by atomic mass is 9.93. The molecule has 0 aliphatic rings. The van der Waals surface area contributed by atoms with Gasteiger partial charge in [0.1, 0.15) is 17.6 Å². The van der Waals surface area contributed by atoms with Crippen LogP contribution in [0.5, 0.6) is 5.75 Å². The Kier molecular flexibility index (Phi) is 7.51. The van der Waals surface area contributed by atoms with E-state index in [-0.39, 0.29) is 17.1 Å². The Morgan fingerprint density at radius 2 is 1.81 bits per heavy atom. The van der Waals surface area contributed by atoms with Gasteiger partial charge in [0.05, 0.1) is 12.8 Å². The molecule has 0 bridgehead atoms. The number of benzene rings is 2. The van der Waals surface area contributed by atoms with E-state index in [4.69, 9.17) is 9.72 Å². The normalized spacial score (nSPS) is 12.3. The van der Waals surface area contributed by atoms with Crippen molar-refractivity contribution in [2.45, 2.75) is 52.1 Å². The van der Waals surface area contributed by atoms with Crippen LogP contribution in [-0.2, 0) is 16.8 Å². The van der Waals surface area contributed by atoms with Gasteiger partial charge in [-0.25, -0.2) is 9.37 Å². The van der Waals surface area contributed by atoms with E-state index in [9.17, 15) is 9.18 Å². The zero-order valence-corrected chi connectivity index (χ0v) is 20.0. The van der Waals surface area contributed by atoms with Crippen LogP contribution >= 0.6 is 11.3 Å². The number of anilines is 2. The van der Waals surface area contributed by atoms with Crippen LogP contribution in [0.1, 0.15) is 45.4 Å². The quantitative estimate of drug-likeness (QED) is 0.465. The number of nitrogens with zero attached hydrogens (tertiary/aromatic N) is 2. The van der Waals surface area contributed by atoms with Crippen molar-refractivity contribution in [1.29, 1.82) is 0 Å². The molecule has 0 saturated carbocycles. The first-order valence-corrected chi connectivity index (χ1v) is 11.5. The highest BCUT2D eigenvalue weighted by molar-refractivity contribution is 7.13. The Hall–Kier alpha value is -2.93. The third-order valence-electron chi connectivity index (χ3n) is 5.20. The monoisotopic (exact) mass is 455 g/mol. The van der Waals surface area contributed by atoms with Gasteiger partial charge < -0.3 is 15.0 Å². The Balaban J connectivity index is 1.91. The second-order valence-electron chi connectivity index (χ2n) is 8.60. The molecule has 0 fully saturated rings. The number of nitrogens with one attached hydrogen (secondary N) is 1. The molecule has 1 aromatic heterocycles.